The van der Waals surface area contributed by atoms with E-state index in [4.69, 9.17) is 0 Å². The van der Waals surface area contributed by atoms with Gasteiger partial charge in [0.05, 0.1) is 21.5 Å². The second-order valence-corrected chi connectivity index (χ2v) is 7.99. The summed E-state index contributed by atoms with van der Waals surface area (Å²) < 4.78 is 0. The second kappa shape index (κ2) is 12.3. The summed E-state index contributed by atoms with van der Waals surface area (Å²) in [7, 11) is 0. The molecule has 0 saturated carbocycles. The van der Waals surface area contributed by atoms with Gasteiger partial charge in [-0.15, -0.1) is 0 Å². The van der Waals surface area contributed by atoms with E-state index in [1.807, 2.05) is 37.3 Å². The summed E-state index contributed by atoms with van der Waals surface area (Å²) in [6.45, 7) is 3.61. The summed E-state index contributed by atoms with van der Waals surface area (Å²) in [6, 6.07) is 11.1. The zero-order valence-electron chi connectivity index (χ0n) is 18.0. The lowest BCUT2D eigenvalue weighted by Crippen LogP contribution is -2.47. The predicted octanol–water partition coefficient (Wildman–Crippen LogP) is 3.44. The van der Waals surface area contributed by atoms with E-state index in [1.54, 1.807) is 6.92 Å². The molecule has 0 aliphatic rings. The van der Waals surface area contributed by atoms with Crippen molar-refractivity contribution in [2.24, 2.45) is 5.10 Å². The number of nitrogens with one attached hydrogen (secondary N) is 2. The molecule has 0 heterocycles. The number of benzene rings is 2. The monoisotopic (exact) mass is 473 g/mol. The number of nitro groups is 2. The molecule has 33 heavy (non-hydrogen) atoms. The molecule has 0 aliphatic carbocycles. The minimum atomic E-state index is -1.03. The Hall–Kier alpha value is -3.80. The number of carbonyl (C=O) groups is 2. The Bertz CT molecular complexity index is 1030. The lowest BCUT2D eigenvalue weighted by molar-refractivity contribution is -0.394. The van der Waals surface area contributed by atoms with Gasteiger partial charge in [0.15, 0.2) is 0 Å². The van der Waals surface area contributed by atoms with Crippen LogP contribution in [0.3, 0.4) is 0 Å². The number of hydrazone groups is 1. The molecule has 2 amide bonds. The second-order valence-electron chi connectivity index (χ2n) is 6.96. The standard InChI is InChI=1S/C21H23N5O6S/c1-3-14(2)23-24-21(28)19(13-33-12-15-7-5-4-6-8-15)22-20(27)16-9-17(25(29)30)11-18(10-16)26(31)32/h4-11,19H,3,12-13H2,1-2H3,(H,22,27)(H,24,28). The van der Waals surface area contributed by atoms with Crippen LogP contribution in [0.1, 0.15) is 36.2 Å². The van der Waals surface area contributed by atoms with Crippen molar-refractivity contribution in [3.05, 3.63) is 79.9 Å². The van der Waals surface area contributed by atoms with Crippen molar-refractivity contribution in [2.75, 3.05) is 5.75 Å². The van der Waals surface area contributed by atoms with Gasteiger partial charge in [0, 0.05) is 29.4 Å². The number of non-ortho nitro benzene ring substituents is 2. The van der Waals surface area contributed by atoms with Crippen molar-refractivity contribution < 1.29 is 19.4 Å². The smallest absolute Gasteiger partial charge is 0.277 e. The highest BCUT2D eigenvalue weighted by atomic mass is 32.2. The van der Waals surface area contributed by atoms with Crippen LogP contribution in [0, 0.1) is 20.2 Å². The third-order valence-corrected chi connectivity index (χ3v) is 5.58. The van der Waals surface area contributed by atoms with E-state index in [0.29, 0.717) is 17.9 Å². The van der Waals surface area contributed by atoms with Gasteiger partial charge >= 0.3 is 0 Å². The molecule has 0 aromatic heterocycles. The first kappa shape index (κ1) is 25.5. The molecule has 2 rings (SSSR count). The molecule has 1 unspecified atom stereocenters. The zero-order valence-corrected chi connectivity index (χ0v) is 18.8. The molecule has 0 aliphatic heterocycles. The van der Waals surface area contributed by atoms with Gasteiger partial charge < -0.3 is 5.32 Å². The van der Waals surface area contributed by atoms with Gasteiger partial charge in [-0.1, -0.05) is 37.3 Å². The molecule has 0 spiro atoms. The number of nitrogens with zero attached hydrogens (tertiary/aromatic N) is 3. The summed E-state index contributed by atoms with van der Waals surface area (Å²) in [4.78, 5) is 46.0. The molecule has 174 valence electrons. The average molecular weight is 474 g/mol. The van der Waals surface area contributed by atoms with Gasteiger partial charge in [0.2, 0.25) is 0 Å². The Labute approximate surface area is 193 Å². The van der Waals surface area contributed by atoms with E-state index in [0.717, 1.165) is 23.8 Å². The molecule has 0 radical (unpaired) electrons. The van der Waals surface area contributed by atoms with Gasteiger partial charge in [-0.2, -0.15) is 16.9 Å². The number of thioether (sulfide) groups is 1. The number of amides is 2. The maximum absolute atomic E-state index is 12.8. The fourth-order valence-electron chi connectivity index (χ4n) is 2.54. The van der Waals surface area contributed by atoms with Crippen molar-refractivity contribution in [1.29, 1.82) is 0 Å². The average Bonchev–Trinajstić information content (AvgIpc) is 2.81. The van der Waals surface area contributed by atoms with E-state index in [9.17, 15) is 29.8 Å². The van der Waals surface area contributed by atoms with E-state index < -0.39 is 39.1 Å². The molecular weight excluding hydrogens is 450 g/mol. The number of rotatable bonds is 11. The summed E-state index contributed by atoms with van der Waals surface area (Å²) in [5, 5.41) is 28.7. The van der Waals surface area contributed by atoms with Crippen LogP contribution < -0.4 is 10.7 Å². The molecule has 11 nitrogen and oxygen atoms in total. The maximum atomic E-state index is 12.8. The maximum Gasteiger partial charge on any atom is 0.277 e. The number of hydrogen-bond donors (Lipinski definition) is 2. The molecular formula is C21H23N5O6S. The molecule has 12 heteroatoms. The van der Waals surface area contributed by atoms with Crippen molar-refractivity contribution >= 4 is 40.7 Å². The molecule has 0 saturated heterocycles. The highest BCUT2D eigenvalue weighted by Crippen LogP contribution is 2.23. The van der Waals surface area contributed by atoms with E-state index in [2.05, 4.69) is 15.8 Å². The lowest BCUT2D eigenvalue weighted by atomic mass is 10.1. The summed E-state index contributed by atoms with van der Waals surface area (Å²) >= 11 is 1.40. The highest BCUT2D eigenvalue weighted by molar-refractivity contribution is 7.98. The molecule has 2 aromatic carbocycles. The van der Waals surface area contributed by atoms with Crippen molar-refractivity contribution in [3.8, 4) is 0 Å². The van der Waals surface area contributed by atoms with E-state index in [1.165, 1.54) is 11.8 Å². The first-order chi connectivity index (χ1) is 15.7. The van der Waals surface area contributed by atoms with Gasteiger partial charge in [-0.05, 0) is 18.9 Å². The minimum Gasteiger partial charge on any atom is -0.339 e. The normalized spacial score (nSPS) is 12.0. The van der Waals surface area contributed by atoms with Crippen molar-refractivity contribution in [3.63, 3.8) is 0 Å². The van der Waals surface area contributed by atoms with Gasteiger partial charge in [0.25, 0.3) is 23.2 Å². The number of carbonyl (C=O) groups excluding carboxylic acids is 2. The predicted molar refractivity (Wildman–Crippen MR) is 125 cm³/mol. The fraction of sp³-hybridized carbons (Fsp3) is 0.286. The summed E-state index contributed by atoms with van der Waals surface area (Å²) in [5.41, 5.74) is 2.62. The third-order valence-electron chi connectivity index (χ3n) is 4.47. The first-order valence-corrected chi connectivity index (χ1v) is 11.1. The van der Waals surface area contributed by atoms with Gasteiger partial charge in [-0.3, -0.25) is 29.8 Å². The van der Waals surface area contributed by atoms with E-state index >= 15 is 0 Å². The quantitative estimate of drug-likeness (QED) is 0.287. The molecule has 0 fully saturated rings. The Morgan fingerprint density at radius 1 is 1.06 bits per heavy atom. The van der Waals surface area contributed by atoms with Gasteiger partial charge in [-0.25, -0.2) is 5.43 Å². The Balaban J connectivity index is 2.21. The molecule has 2 N–H and O–H groups in total. The van der Waals surface area contributed by atoms with Crippen LogP contribution in [0.25, 0.3) is 0 Å². The summed E-state index contributed by atoms with van der Waals surface area (Å²) in [6.07, 6.45) is 0.622. The zero-order chi connectivity index (χ0) is 24.4. The third kappa shape index (κ3) is 8.00. The SMILES string of the molecule is CCC(C)=NNC(=O)C(CSCc1ccccc1)NC(=O)c1cc([N+](=O)[O-])cc([N+](=O)[O-])c1. The molecule has 1 atom stereocenters. The Morgan fingerprint density at radius 2 is 1.67 bits per heavy atom. The van der Waals surface area contributed by atoms with Gasteiger partial charge in [0.1, 0.15) is 6.04 Å². The van der Waals surface area contributed by atoms with Crippen LogP contribution in [0.2, 0.25) is 0 Å². The van der Waals surface area contributed by atoms with Crippen LogP contribution in [-0.2, 0) is 10.5 Å². The largest absolute Gasteiger partial charge is 0.339 e. The van der Waals surface area contributed by atoms with Crippen molar-refractivity contribution in [1.82, 2.24) is 10.7 Å². The number of nitro benzene ring substituents is 2. The minimum absolute atomic E-state index is 0.185. The molecule has 0 bridgehead atoms. The fourth-order valence-corrected chi connectivity index (χ4v) is 3.55. The van der Waals surface area contributed by atoms with E-state index in [-0.39, 0.29) is 11.3 Å². The van der Waals surface area contributed by atoms with Crippen LogP contribution in [-0.4, -0.2) is 39.2 Å². The topological polar surface area (TPSA) is 157 Å². The number of hydrogen-bond acceptors (Lipinski definition) is 8. The van der Waals surface area contributed by atoms with Crippen LogP contribution in [0.4, 0.5) is 11.4 Å². The summed E-state index contributed by atoms with van der Waals surface area (Å²) in [5.74, 6) is -0.653. The van der Waals surface area contributed by atoms with Crippen LogP contribution >= 0.6 is 11.8 Å². The Morgan fingerprint density at radius 3 is 2.21 bits per heavy atom. The van der Waals surface area contributed by atoms with Crippen LogP contribution in [0.5, 0.6) is 0 Å². The first-order valence-electron chi connectivity index (χ1n) is 9.90. The van der Waals surface area contributed by atoms with Crippen LogP contribution in [0.15, 0.2) is 53.6 Å². The van der Waals surface area contributed by atoms with Crippen molar-refractivity contribution in [2.45, 2.75) is 32.1 Å². The molecule has 2 aromatic rings. The highest BCUT2D eigenvalue weighted by Gasteiger charge is 2.25. The Kier molecular flexibility index (Phi) is 9.48. The lowest BCUT2D eigenvalue weighted by Gasteiger charge is -2.17.